The van der Waals surface area contributed by atoms with Crippen molar-refractivity contribution in [2.24, 2.45) is 0 Å². The minimum atomic E-state index is -0.746. The fourth-order valence-electron chi connectivity index (χ4n) is 1.50. The van der Waals surface area contributed by atoms with E-state index >= 15 is 0 Å². The number of amides is 1. The Balaban J connectivity index is 1.98. The van der Waals surface area contributed by atoms with E-state index in [0.29, 0.717) is 11.6 Å². The summed E-state index contributed by atoms with van der Waals surface area (Å²) in [5, 5.41) is 9.12. The fraction of sp³-hybridized carbons (Fsp3) is 0.231. The third kappa shape index (κ3) is 3.31. The summed E-state index contributed by atoms with van der Waals surface area (Å²) < 4.78 is 18.3. The molecule has 0 fully saturated rings. The largest absolute Gasteiger partial charge is 0.481 e. The van der Waals surface area contributed by atoms with Gasteiger partial charge in [-0.15, -0.1) is 0 Å². The maximum absolute atomic E-state index is 13.0. The first-order valence-electron chi connectivity index (χ1n) is 5.79. The molecule has 19 heavy (non-hydrogen) atoms. The van der Waals surface area contributed by atoms with Crippen LogP contribution in [0, 0.1) is 12.7 Å². The second-order valence-electron chi connectivity index (χ2n) is 4.13. The van der Waals surface area contributed by atoms with Crippen molar-refractivity contribution < 1.29 is 13.9 Å². The molecule has 0 spiro atoms. The second-order valence-corrected chi connectivity index (χ2v) is 4.13. The summed E-state index contributed by atoms with van der Waals surface area (Å²) in [5.41, 5.74) is 0.825. The first-order valence-corrected chi connectivity index (χ1v) is 5.79. The van der Waals surface area contributed by atoms with Crippen LogP contribution in [0.15, 0.2) is 30.5 Å². The molecule has 2 aromatic rings. The number of halogens is 1. The van der Waals surface area contributed by atoms with Gasteiger partial charge in [0.2, 0.25) is 0 Å². The van der Waals surface area contributed by atoms with Gasteiger partial charge in [0.1, 0.15) is 17.4 Å². The summed E-state index contributed by atoms with van der Waals surface area (Å²) in [4.78, 5) is 11.9. The molecule has 0 saturated heterocycles. The Bertz CT molecular complexity index is 583. The fourth-order valence-corrected chi connectivity index (χ4v) is 1.50. The number of hydrogen-bond donors (Lipinski definition) is 2. The molecule has 0 radical (unpaired) electrons. The number of aryl methyl sites for hydroxylation is 1. The van der Waals surface area contributed by atoms with Gasteiger partial charge < -0.3 is 10.1 Å². The van der Waals surface area contributed by atoms with Crippen molar-refractivity contribution in [3.63, 3.8) is 0 Å². The molecule has 0 aliphatic carbocycles. The van der Waals surface area contributed by atoms with Crippen LogP contribution in [-0.2, 0) is 4.79 Å². The number of aromatic nitrogens is 2. The van der Waals surface area contributed by atoms with E-state index < -0.39 is 11.9 Å². The van der Waals surface area contributed by atoms with Gasteiger partial charge in [0.25, 0.3) is 5.91 Å². The maximum atomic E-state index is 13.0. The van der Waals surface area contributed by atoms with E-state index in [9.17, 15) is 9.18 Å². The Kier molecular flexibility index (Phi) is 3.79. The number of rotatable bonds is 4. The van der Waals surface area contributed by atoms with Crippen LogP contribution in [-0.4, -0.2) is 22.2 Å². The van der Waals surface area contributed by atoms with Crippen LogP contribution >= 0.6 is 0 Å². The van der Waals surface area contributed by atoms with Crippen molar-refractivity contribution in [3.8, 4) is 5.75 Å². The number of carbonyl (C=O) groups excluding carboxylic acids is 1. The lowest BCUT2D eigenvalue weighted by Gasteiger charge is -2.14. The molecule has 2 N–H and O–H groups in total. The highest BCUT2D eigenvalue weighted by Crippen LogP contribution is 2.15. The Morgan fingerprint density at radius 3 is 2.95 bits per heavy atom. The number of hydrogen-bond acceptors (Lipinski definition) is 3. The minimum Gasteiger partial charge on any atom is -0.481 e. The Labute approximate surface area is 109 Å². The van der Waals surface area contributed by atoms with Gasteiger partial charge in [-0.25, -0.2) is 4.39 Å². The van der Waals surface area contributed by atoms with Crippen molar-refractivity contribution in [1.29, 1.82) is 0 Å². The molecule has 0 aliphatic rings. The van der Waals surface area contributed by atoms with Crippen molar-refractivity contribution in [1.82, 2.24) is 10.2 Å². The van der Waals surface area contributed by atoms with Crippen LogP contribution in [0.25, 0.3) is 0 Å². The van der Waals surface area contributed by atoms with E-state index in [4.69, 9.17) is 4.74 Å². The highest BCUT2D eigenvalue weighted by Gasteiger charge is 2.16. The molecule has 2 rings (SSSR count). The first kappa shape index (κ1) is 13.1. The SMILES string of the molecule is Cc1cn[nH]c1NC(=O)C(C)Oc1cccc(F)c1. The lowest BCUT2D eigenvalue weighted by molar-refractivity contribution is -0.122. The molecule has 5 nitrogen and oxygen atoms in total. The third-order valence-electron chi connectivity index (χ3n) is 2.56. The molecule has 0 bridgehead atoms. The minimum absolute atomic E-state index is 0.309. The number of benzene rings is 1. The smallest absolute Gasteiger partial charge is 0.266 e. The quantitative estimate of drug-likeness (QED) is 0.889. The first-order chi connectivity index (χ1) is 9.06. The highest BCUT2D eigenvalue weighted by atomic mass is 19.1. The third-order valence-corrected chi connectivity index (χ3v) is 2.56. The van der Waals surface area contributed by atoms with Crippen molar-refractivity contribution >= 4 is 11.7 Å². The normalized spacial score (nSPS) is 11.9. The summed E-state index contributed by atoms with van der Waals surface area (Å²) in [6.07, 6.45) is 0.859. The Morgan fingerprint density at radius 1 is 1.53 bits per heavy atom. The Hall–Kier alpha value is -2.37. The molecule has 6 heteroatoms. The molecular formula is C13H14FN3O2. The van der Waals surface area contributed by atoms with Crippen molar-refractivity contribution in [3.05, 3.63) is 41.8 Å². The molecule has 1 amide bonds. The van der Waals surface area contributed by atoms with Crippen LogP contribution in [0.2, 0.25) is 0 Å². The van der Waals surface area contributed by atoms with Crippen LogP contribution in [0.4, 0.5) is 10.2 Å². The van der Waals surface area contributed by atoms with Crippen molar-refractivity contribution in [2.45, 2.75) is 20.0 Å². The molecular weight excluding hydrogens is 249 g/mol. The van der Waals surface area contributed by atoms with E-state index in [1.807, 2.05) is 6.92 Å². The molecule has 0 saturated carbocycles. The van der Waals surface area contributed by atoms with E-state index in [2.05, 4.69) is 15.5 Å². The second kappa shape index (κ2) is 5.51. The van der Waals surface area contributed by atoms with E-state index in [0.717, 1.165) is 5.56 Å². The average molecular weight is 263 g/mol. The summed E-state index contributed by atoms with van der Waals surface area (Å²) in [6.45, 7) is 3.41. The van der Waals surface area contributed by atoms with Crippen LogP contribution in [0.5, 0.6) is 5.75 Å². The topological polar surface area (TPSA) is 67.0 Å². The predicted molar refractivity (Wildman–Crippen MR) is 68.4 cm³/mol. The predicted octanol–water partition coefficient (Wildman–Crippen LogP) is 2.26. The van der Waals surface area contributed by atoms with Gasteiger partial charge in [-0.2, -0.15) is 5.10 Å². The van der Waals surface area contributed by atoms with Gasteiger partial charge in [-0.1, -0.05) is 6.07 Å². The number of nitrogens with one attached hydrogen (secondary N) is 2. The zero-order valence-electron chi connectivity index (χ0n) is 10.6. The standard InChI is InChI=1S/C13H14FN3O2/c1-8-7-15-17-12(8)16-13(18)9(2)19-11-5-3-4-10(14)6-11/h3-7,9H,1-2H3,(H2,15,16,17,18). The number of nitrogens with zero attached hydrogens (tertiary/aromatic N) is 1. The zero-order valence-corrected chi connectivity index (χ0v) is 10.6. The lowest BCUT2D eigenvalue weighted by Crippen LogP contribution is -2.30. The van der Waals surface area contributed by atoms with Crippen molar-refractivity contribution in [2.75, 3.05) is 5.32 Å². The van der Waals surface area contributed by atoms with E-state index in [-0.39, 0.29) is 5.91 Å². The van der Waals surface area contributed by atoms with Gasteiger partial charge in [0.15, 0.2) is 6.10 Å². The van der Waals surface area contributed by atoms with E-state index in [1.54, 1.807) is 19.2 Å². The molecule has 1 atom stereocenters. The van der Waals surface area contributed by atoms with Gasteiger partial charge in [-0.3, -0.25) is 9.89 Å². The maximum Gasteiger partial charge on any atom is 0.266 e. The van der Waals surface area contributed by atoms with Gasteiger partial charge in [0, 0.05) is 11.6 Å². The summed E-state index contributed by atoms with van der Waals surface area (Å²) in [6, 6.07) is 5.65. The average Bonchev–Trinajstić information content (AvgIpc) is 2.75. The molecule has 1 aromatic carbocycles. The number of aromatic amines is 1. The molecule has 100 valence electrons. The summed E-state index contributed by atoms with van der Waals surface area (Å²) >= 11 is 0. The van der Waals surface area contributed by atoms with Crippen LogP contribution in [0.1, 0.15) is 12.5 Å². The van der Waals surface area contributed by atoms with Gasteiger partial charge in [-0.05, 0) is 26.0 Å². The van der Waals surface area contributed by atoms with E-state index in [1.165, 1.54) is 18.2 Å². The summed E-state index contributed by atoms with van der Waals surface area (Å²) in [5.74, 6) is 0.0924. The number of anilines is 1. The molecule has 0 aliphatic heterocycles. The van der Waals surface area contributed by atoms with Gasteiger partial charge >= 0.3 is 0 Å². The van der Waals surface area contributed by atoms with Gasteiger partial charge in [0.05, 0.1) is 6.20 Å². The molecule has 1 heterocycles. The number of ether oxygens (including phenoxy) is 1. The highest BCUT2D eigenvalue weighted by molar-refractivity contribution is 5.93. The number of H-pyrrole nitrogens is 1. The molecule has 1 aromatic heterocycles. The summed E-state index contributed by atoms with van der Waals surface area (Å²) in [7, 11) is 0. The zero-order chi connectivity index (χ0) is 13.8. The Morgan fingerprint density at radius 2 is 2.32 bits per heavy atom. The van der Waals surface area contributed by atoms with Crippen LogP contribution < -0.4 is 10.1 Å². The lowest BCUT2D eigenvalue weighted by atomic mass is 10.3. The monoisotopic (exact) mass is 263 g/mol. The number of carbonyl (C=O) groups is 1. The molecule has 1 unspecified atom stereocenters. The van der Waals surface area contributed by atoms with Crippen LogP contribution in [0.3, 0.4) is 0 Å².